The van der Waals surface area contributed by atoms with E-state index < -0.39 is 11.6 Å². The van der Waals surface area contributed by atoms with E-state index in [4.69, 9.17) is 28.9 Å². The van der Waals surface area contributed by atoms with Gasteiger partial charge in [-0.05, 0) is 18.2 Å². The highest BCUT2D eigenvalue weighted by Crippen LogP contribution is 2.38. The quantitative estimate of drug-likeness (QED) is 0.760. The van der Waals surface area contributed by atoms with E-state index >= 15 is 0 Å². The van der Waals surface area contributed by atoms with Crippen LogP contribution < -0.4 is 5.73 Å². The Morgan fingerprint density at radius 1 is 0.941 bits per heavy atom. The molecule has 0 amide bonds. The van der Waals surface area contributed by atoms with Crippen LogP contribution in [0.3, 0.4) is 0 Å². The first-order valence-electron chi connectivity index (χ1n) is 4.69. The number of nitrogens with two attached hydrogens (primary N) is 1. The number of hydrogen-bond acceptors (Lipinski definition) is 1. The monoisotopic (exact) mass is 273 g/mol. The van der Waals surface area contributed by atoms with E-state index in [1.807, 2.05) is 0 Å². The summed E-state index contributed by atoms with van der Waals surface area (Å²) >= 11 is 11.9. The topological polar surface area (TPSA) is 26.0 Å². The van der Waals surface area contributed by atoms with Gasteiger partial charge in [0.05, 0.1) is 0 Å². The lowest BCUT2D eigenvalue weighted by molar-refractivity contribution is 0.509. The Balaban J connectivity index is 2.73. The third kappa shape index (κ3) is 2.21. The number of anilines is 1. The number of halogens is 4. The smallest absolute Gasteiger partial charge is 0.160 e. The molecule has 0 saturated carbocycles. The Kier molecular flexibility index (Phi) is 3.22. The molecule has 0 aliphatic rings. The van der Waals surface area contributed by atoms with Gasteiger partial charge in [-0.2, -0.15) is 0 Å². The minimum absolute atomic E-state index is 0.0823. The Morgan fingerprint density at radius 2 is 1.47 bits per heavy atom. The van der Waals surface area contributed by atoms with E-state index in [9.17, 15) is 8.78 Å². The molecule has 2 aromatic rings. The van der Waals surface area contributed by atoms with Crippen molar-refractivity contribution >= 4 is 28.9 Å². The number of hydrogen-bond donors (Lipinski definition) is 1. The largest absolute Gasteiger partial charge is 0.398 e. The molecule has 2 aromatic carbocycles. The van der Waals surface area contributed by atoms with Crippen LogP contribution in [-0.2, 0) is 0 Å². The van der Waals surface area contributed by atoms with Gasteiger partial charge in [-0.1, -0.05) is 29.3 Å². The molecule has 1 nitrogen and oxygen atoms in total. The Bertz CT molecular complexity index is 565. The maximum absolute atomic E-state index is 13.2. The average molecular weight is 274 g/mol. The SMILES string of the molecule is Nc1cc(F)c(F)cc1-c1c(Cl)cccc1Cl. The van der Waals surface area contributed by atoms with Crippen molar-refractivity contribution in [2.45, 2.75) is 0 Å². The van der Waals surface area contributed by atoms with E-state index in [0.29, 0.717) is 15.6 Å². The summed E-state index contributed by atoms with van der Waals surface area (Å²) in [6, 6.07) is 6.75. The zero-order valence-electron chi connectivity index (χ0n) is 8.48. The molecular weight excluding hydrogens is 267 g/mol. The zero-order chi connectivity index (χ0) is 12.6. The minimum atomic E-state index is -1.01. The van der Waals surface area contributed by atoms with Crippen LogP contribution in [0.25, 0.3) is 11.1 Å². The van der Waals surface area contributed by atoms with Crippen LogP contribution in [0, 0.1) is 11.6 Å². The molecule has 0 aliphatic carbocycles. The molecular formula is C12H7Cl2F2N. The lowest BCUT2D eigenvalue weighted by Crippen LogP contribution is -1.95. The molecule has 0 bridgehead atoms. The summed E-state index contributed by atoms with van der Waals surface area (Å²) in [7, 11) is 0. The summed E-state index contributed by atoms with van der Waals surface area (Å²) in [5, 5.41) is 0.658. The highest BCUT2D eigenvalue weighted by molar-refractivity contribution is 6.39. The molecule has 0 heterocycles. The fourth-order valence-electron chi connectivity index (χ4n) is 1.53. The van der Waals surface area contributed by atoms with Crippen LogP contribution in [0.1, 0.15) is 0 Å². The number of benzene rings is 2. The van der Waals surface area contributed by atoms with Crippen LogP contribution in [0.5, 0.6) is 0 Å². The fourth-order valence-corrected chi connectivity index (χ4v) is 2.13. The first-order chi connectivity index (χ1) is 8.00. The Labute approximate surface area is 107 Å². The molecule has 5 heteroatoms. The van der Waals surface area contributed by atoms with E-state index in [1.165, 1.54) is 0 Å². The van der Waals surface area contributed by atoms with E-state index in [1.54, 1.807) is 18.2 Å². The van der Waals surface area contributed by atoms with Gasteiger partial charge in [0, 0.05) is 32.9 Å². The van der Waals surface area contributed by atoms with Crippen molar-refractivity contribution in [3.05, 3.63) is 52.0 Å². The molecule has 17 heavy (non-hydrogen) atoms. The lowest BCUT2D eigenvalue weighted by atomic mass is 10.0. The summed E-state index contributed by atoms with van der Waals surface area (Å²) in [4.78, 5) is 0. The van der Waals surface area contributed by atoms with Crippen molar-refractivity contribution in [3.63, 3.8) is 0 Å². The minimum Gasteiger partial charge on any atom is -0.398 e. The van der Waals surface area contributed by atoms with E-state index in [2.05, 4.69) is 0 Å². The molecule has 2 N–H and O–H groups in total. The highest BCUT2D eigenvalue weighted by Gasteiger charge is 2.14. The third-order valence-electron chi connectivity index (χ3n) is 2.32. The van der Waals surface area contributed by atoms with Gasteiger partial charge in [-0.15, -0.1) is 0 Å². The van der Waals surface area contributed by atoms with Crippen LogP contribution in [-0.4, -0.2) is 0 Å². The molecule has 0 fully saturated rings. The molecule has 0 unspecified atom stereocenters. The summed E-state index contributed by atoms with van der Waals surface area (Å²) in [5.41, 5.74) is 6.39. The second-order valence-corrected chi connectivity index (χ2v) is 4.26. The van der Waals surface area contributed by atoms with Crippen LogP contribution in [0.15, 0.2) is 30.3 Å². The zero-order valence-corrected chi connectivity index (χ0v) is 9.99. The van der Waals surface area contributed by atoms with Crippen molar-refractivity contribution in [1.82, 2.24) is 0 Å². The van der Waals surface area contributed by atoms with Crippen molar-refractivity contribution < 1.29 is 8.78 Å². The van der Waals surface area contributed by atoms with Crippen LogP contribution in [0.4, 0.5) is 14.5 Å². The summed E-state index contributed by atoms with van der Waals surface area (Å²) in [5.74, 6) is -2.00. The molecule has 0 aliphatic heterocycles. The molecule has 0 atom stereocenters. The summed E-state index contributed by atoms with van der Waals surface area (Å²) in [6.45, 7) is 0. The number of rotatable bonds is 1. The van der Waals surface area contributed by atoms with Gasteiger partial charge in [0.1, 0.15) is 0 Å². The molecule has 2 rings (SSSR count). The second-order valence-electron chi connectivity index (χ2n) is 3.45. The van der Waals surface area contributed by atoms with Gasteiger partial charge >= 0.3 is 0 Å². The van der Waals surface area contributed by atoms with Gasteiger partial charge in [0.2, 0.25) is 0 Å². The first-order valence-corrected chi connectivity index (χ1v) is 5.45. The van der Waals surface area contributed by atoms with Crippen molar-refractivity contribution in [2.24, 2.45) is 0 Å². The fraction of sp³-hybridized carbons (Fsp3) is 0. The number of nitrogen functional groups attached to an aromatic ring is 1. The second kappa shape index (κ2) is 4.51. The maximum atomic E-state index is 13.2. The van der Waals surface area contributed by atoms with Gasteiger partial charge < -0.3 is 5.73 Å². The molecule has 0 radical (unpaired) electrons. The molecule has 0 saturated heterocycles. The molecule has 0 spiro atoms. The van der Waals surface area contributed by atoms with Gasteiger partial charge in [0.15, 0.2) is 11.6 Å². The maximum Gasteiger partial charge on any atom is 0.160 e. The van der Waals surface area contributed by atoms with Crippen LogP contribution >= 0.6 is 23.2 Å². The van der Waals surface area contributed by atoms with Gasteiger partial charge in [0.25, 0.3) is 0 Å². The molecule has 0 aromatic heterocycles. The van der Waals surface area contributed by atoms with Gasteiger partial charge in [-0.25, -0.2) is 8.78 Å². The van der Waals surface area contributed by atoms with E-state index in [0.717, 1.165) is 12.1 Å². The van der Waals surface area contributed by atoms with Crippen LogP contribution in [0.2, 0.25) is 10.0 Å². The Hall–Kier alpha value is -1.32. The lowest BCUT2D eigenvalue weighted by Gasteiger charge is -2.10. The Morgan fingerprint density at radius 3 is 2.06 bits per heavy atom. The average Bonchev–Trinajstić information content (AvgIpc) is 2.25. The molecule has 88 valence electrons. The van der Waals surface area contributed by atoms with Crippen molar-refractivity contribution in [2.75, 3.05) is 5.73 Å². The predicted octanol–water partition coefficient (Wildman–Crippen LogP) is 4.52. The normalized spacial score (nSPS) is 10.6. The highest BCUT2D eigenvalue weighted by atomic mass is 35.5. The standard InChI is InChI=1S/C12H7Cl2F2N/c13-7-2-1-3-8(14)12(7)6-4-9(15)10(16)5-11(6)17/h1-5H,17H2. The van der Waals surface area contributed by atoms with Crippen molar-refractivity contribution in [3.8, 4) is 11.1 Å². The first kappa shape index (κ1) is 12.1. The van der Waals surface area contributed by atoms with E-state index in [-0.39, 0.29) is 11.3 Å². The third-order valence-corrected chi connectivity index (χ3v) is 2.95. The predicted molar refractivity (Wildman–Crippen MR) is 66.2 cm³/mol. The summed E-state index contributed by atoms with van der Waals surface area (Å²) in [6.07, 6.45) is 0. The van der Waals surface area contributed by atoms with Crippen molar-refractivity contribution in [1.29, 1.82) is 0 Å². The van der Waals surface area contributed by atoms with Gasteiger partial charge in [-0.3, -0.25) is 0 Å². The summed E-state index contributed by atoms with van der Waals surface area (Å²) < 4.78 is 26.1.